The Morgan fingerprint density at radius 2 is 1.81 bits per heavy atom. The van der Waals surface area contributed by atoms with Gasteiger partial charge in [-0.15, -0.1) is 11.3 Å². The molecule has 0 radical (unpaired) electrons. The topological polar surface area (TPSA) is 44.0 Å². The number of hydrogen-bond acceptors (Lipinski definition) is 3. The monoisotopic (exact) mass is 364 g/mol. The maximum Gasteiger partial charge on any atom is 0.329 e. The number of rotatable bonds is 4. The maximum absolute atomic E-state index is 12.5. The van der Waals surface area contributed by atoms with Gasteiger partial charge in [-0.3, -0.25) is 13.9 Å². The number of fused-ring (bicyclic) bond motifs is 1. The number of aromatic nitrogens is 2. The van der Waals surface area contributed by atoms with Crippen LogP contribution in [0, 0.1) is 0 Å². The normalized spacial score (nSPS) is 11.1. The second kappa shape index (κ2) is 5.61. The van der Waals surface area contributed by atoms with Crippen LogP contribution in [0.3, 0.4) is 0 Å². The summed E-state index contributed by atoms with van der Waals surface area (Å²) in [5, 5.41) is 0. The molecule has 0 aliphatic rings. The van der Waals surface area contributed by atoms with E-state index in [4.69, 9.17) is 0 Å². The average Bonchev–Trinajstić information content (AvgIpc) is 3.02. The van der Waals surface area contributed by atoms with Crippen LogP contribution in [0.2, 0.25) is 0 Å². The number of halogens is 1. The van der Waals surface area contributed by atoms with Crippen molar-refractivity contribution in [1.82, 2.24) is 9.13 Å². The van der Waals surface area contributed by atoms with Gasteiger partial charge in [0.15, 0.2) is 5.78 Å². The van der Waals surface area contributed by atoms with E-state index in [1.165, 1.54) is 11.3 Å². The van der Waals surface area contributed by atoms with Gasteiger partial charge in [0.2, 0.25) is 0 Å². The third-order valence-electron chi connectivity index (χ3n) is 3.39. The molecule has 0 N–H and O–H groups in total. The van der Waals surface area contributed by atoms with Crippen molar-refractivity contribution in [3.05, 3.63) is 55.5 Å². The van der Waals surface area contributed by atoms with Crippen LogP contribution >= 0.6 is 27.3 Å². The quantitative estimate of drug-likeness (QED) is 0.664. The van der Waals surface area contributed by atoms with Crippen LogP contribution < -0.4 is 5.69 Å². The van der Waals surface area contributed by atoms with Crippen LogP contribution in [0.25, 0.3) is 11.0 Å². The van der Waals surface area contributed by atoms with Crippen molar-refractivity contribution in [2.24, 2.45) is 0 Å². The summed E-state index contributed by atoms with van der Waals surface area (Å²) in [7, 11) is 0. The third kappa shape index (κ3) is 2.49. The lowest BCUT2D eigenvalue weighted by molar-refractivity contribution is 0.0976. The molecule has 0 fully saturated rings. The van der Waals surface area contributed by atoms with E-state index in [9.17, 15) is 9.59 Å². The molecular formula is C15H13BrN2O2S. The summed E-state index contributed by atoms with van der Waals surface area (Å²) in [6.45, 7) is 2.58. The molecule has 0 aliphatic carbocycles. The minimum absolute atomic E-state index is 0.0493. The standard InChI is InChI=1S/C15H13BrN2O2S/c1-2-17-10-5-3-4-6-11(10)18(15(17)20)9-12(19)13-7-8-14(16)21-13/h3-8H,2,9H2,1H3. The van der Waals surface area contributed by atoms with Gasteiger partial charge < -0.3 is 0 Å². The number of thiophene rings is 1. The number of benzene rings is 1. The van der Waals surface area contributed by atoms with Crippen molar-refractivity contribution in [3.63, 3.8) is 0 Å². The van der Waals surface area contributed by atoms with Crippen LogP contribution in [0.4, 0.5) is 0 Å². The first-order chi connectivity index (χ1) is 10.1. The first kappa shape index (κ1) is 14.3. The third-order valence-corrected chi connectivity index (χ3v) is 5.06. The molecule has 1 aromatic carbocycles. The zero-order valence-electron chi connectivity index (χ0n) is 11.4. The Bertz CT molecular complexity index is 875. The molecule has 2 aromatic heterocycles. The molecule has 108 valence electrons. The van der Waals surface area contributed by atoms with E-state index in [0.717, 1.165) is 14.8 Å². The van der Waals surface area contributed by atoms with Gasteiger partial charge in [0.05, 0.1) is 26.2 Å². The number of nitrogens with zero attached hydrogens (tertiary/aromatic N) is 2. The van der Waals surface area contributed by atoms with Crippen molar-refractivity contribution < 1.29 is 4.79 Å². The highest BCUT2D eigenvalue weighted by Crippen LogP contribution is 2.23. The number of Topliss-reactive ketones (excluding diaryl/α,β-unsaturated/α-hetero) is 1. The number of carbonyl (C=O) groups excluding carboxylic acids is 1. The fraction of sp³-hybridized carbons (Fsp3) is 0.200. The molecule has 0 saturated heterocycles. The van der Waals surface area contributed by atoms with Gasteiger partial charge in [-0.05, 0) is 47.1 Å². The van der Waals surface area contributed by atoms with Crippen LogP contribution in [0.15, 0.2) is 45.0 Å². The van der Waals surface area contributed by atoms with Gasteiger partial charge in [-0.25, -0.2) is 4.79 Å². The zero-order chi connectivity index (χ0) is 15.0. The van der Waals surface area contributed by atoms with Gasteiger partial charge in [0.1, 0.15) is 0 Å². The van der Waals surface area contributed by atoms with Gasteiger partial charge >= 0.3 is 5.69 Å². The fourth-order valence-electron chi connectivity index (χ4n) is 2.42. The molecule has 0 atom stereocenters. The van der Waals surface area contributed by atoms with Crippen LogP contribution in [-0.2, 0) is 13.1 Å². The molecule has 4 nitrogen and oxygen atoms in total. The number of hydrogen-bond donors (Lipinski definition) is 0. The Labute approximate surface area is 133 Å². The van der Waals surface area contributed by atoms with E-state index in [2.05, 4.69) is 15.9 Å². The summed E-state index contributed by atoms with van der Waals surface area (Å²) in [6, 6.07) is 11.2. The summed E-state index contributed by atoms with van der Waals surface area (Å²) >= 11 is 4.73. The predicted octanol–water partition coefficient (Wildman–Crippen LogP) is 3.53. The summed E-state index contributed by atoms with van der Waals surface area (Å²) in [4.78, 5) is 25.5. The lowest BCUT2D eigenvalue weighted by atomic mass is 10.3. The van der Waals surface area contributed by atoms with Crippen LogP contribution in [0.5, 0.6) is 0 Å². The molecule has 0 bridgehead atoms. The van der Waals surface area contributed by atoms with E-state index in [1.807, 2.05) is 37.3 Å². The number of ketones is 1. The van der Waals surface area contributed by atoms with Gasteiger partial charge in [-0.2, -0.15) is 0 Å². The Kier molecular flexibility index (Phi) is 3.82. The largest absolute Gasteiger partial charge is 0.329 e. The SMILES string of the molecule is CCn1c(=O)n(CC(=O)c2ccc(Br)s2)c2ccccc21. The lowest BCUT2D eigenvalue weighted by Crippen LogP contribution is -2.26. The Hall–Kier alpha value is -1.66. The number of imidazole rings is 1. The first-order valence-corrected chi connectivity index (χ1v) is 8.19. The van der Waals surface area contributed by atoms with E-state index >= 15 is 0 Å². The number of carbonyl (C=O) groups is 1. The van der Waals surface area contributed by atoms with Crippen LogP contribution in [-0.4, -0.2) is 14.9 Å². The molecule has 0 spiro atoms. The molecule has 3 aromatic rings. The molecular weight excluding hydrogens is 352 g/mol. The Morgan fingerprint density at radius 3 is 2.38 bits per heavy atom. The second-order valence-electron chi connectivity index (χ2n) is 4.63. The van der Waals surface area contributed by atoms with Gasteiger partial charge in [0.25, 0.3) is 0 Å². The fourth-order valence-corrected chi connectivity index (χ4v) is 3.73. The maximum atomic E-state index is 12.5. The summed E-state index contributed by atoms with van der Waals surface area (Å²) in [5.41, 5.74) is 1.53. The summed E-state index contributed by atoms with van der Waals surface area (Å²) < 4.78 is 4.15. The van der Waals surface area contributed by atoms with E-state index < -0.39 is 0 Å². The van der Waals surface area contributed by atoms with E-state index in [-0.39, 0.29) is 18.0 Å². The first-order valence-electron chi connectivity index (χ1n) is 6.58. The van der Waals surface area contributed by atoms with Crippen molar-refractivity contribution in [1.29, 1.82) is 0 Å². The molecule has 0 amide bonds. The molecule has 3 rings (SSSR count). The van der Waals surface area contributed by atoms with Gasteiger partial charge in [0, 0.05) is 6.54 Å². The molecule has 6 heteroatoms. The van der Waals surface area contributed by atoms with Crippen molar-refractivity contribution >= 4 is 44.1 Å². The summed E-state index contributed by atoms with van der Waals surface area (Å²) in [6.07, 6.45) is 0. The number of para-hydroxylation sites is 2. The van der Waals surface area contributed by atoms with E-state index in [1.54, 1.807) is 15.2 Å². The number of aryl methyl sites for hydroxylation is 1. The van der Waals surface area contributed by atoms with E-state index in [0.29, 0.717) is 11.4 Å². The molecule has 0 saturated carbocycles. The Morgan fingerprint density at radius 1 is 1.14 bits per heavy atom. The van der Waals surface area contributed by atoms with Crippen molar-refractivity contribution in [2.75, 3.05) is 0 Å². The predicted molar refractivity (Wildman–Crippen MR) is 88.2 cm³/mol. The molecule has 0 unspecified atom stereocenters. The molecule has 0 aliphatic heterocycles. The van der Waals surface area contributed by atoms with Gasteiger partial charge in [-0.1, -0.05) is 12.1 Å². The van der Waals surface area contributed by atoms with Crippen molar-refractivity contribution in [3.8, 4) is 0 Å². The lowest BCUT2D eigenvalue weighted by Gasteiger charge is -2.00. The van der Waals surface area contributed by atoms with Crippen LogP contribution in [0.1, 0.15) is 16.6 Å². The zero-order valence-corrected chi connectivity index (χ0v) is 13.8. The second-order valence-corrected chi connectivity index (χ2v) is 7.09. The minimum atomic E-state index is -0.136. The Balaban J connectivity index is 2.07. The molecule has 21 heavy (non-hydrogen) atoms. The minimum Gasteiger partial charge on any atom is -0.292 e. The summed E-state index contributed by atoms with van der Waals surface area (Å²) in [5.74, 6) is -0.0493. The van der Waals surface area contributed by atoms with Crippen molar-refractivity contribution in [2.45, 2.75) is 20.0 Å². The highest BCUT2D eigenvalue weighted by molar-refractivity contribution is 9.11. The molecule has 2 heterocycles. The highest BCUT2D eigenvalue weighted by Gasteiger charge is 2.16. The average molecular weight is 365 g/mol. The smallest absolute Gasteiger partial charge is 0.292 e. The highest BCUT2D eigenvalue weighted by atomic mass is 79.9.